The lowest BCUT2D eigenvalue weighted by Gasteiger charge is -2.23. The number of aryl methyl sites for hydroxylation is 1. The van der Waals surface area contributed by atoms with E-state index in [1.54, 1.807) is 4.90 Å². The summed E-state index contributed by atoms with van der Waals surface area (Å²) in [5, 5.41) is 12.3. The number of rotatable bonds is 16. The molecule has 3 aromatic heterocycles. The van der Waals surface area contributed by atoms with E-state index >= 15 is 0 Å². The van der Waals surface area contributed by atoms with E-state index in [4.69, 9.17) is 9.72 Å². The highest BCUT2D eigenvalue weighted by molar-refractivity contribution is 5.86. The number of benzene rings is 2. The topological polar surface area (TPSA) is 182 Å². The van der Waals surface area contributed by atoms with Gasteiger partial charge in [0.25, 0.3) is 0 Å². The van der Waals surface area contributed by atoms with Crippen LogP contribution in [0.15, 0.2) is 104 Å². The van der Waals surface area contributed by atoms with Crippen LogP contribution < -0.4 is 21.3 Å². The van der Waals surface area contributed by atoms with Gasteiger partial charge >= 0.3 is 6.03 Å². The number of allylic oxidation sites excluding steroid dienone is 4. The third-order valence-corrected chi connectivity index (χ3v) is 10.7. The minimum Gasteiger partial charge on any atom is -0.483 e. The summed E-state index contributed by atoms with van der Waals surface area (Å²) in [6.45, 7) is 9.22. The van der Waals surface area contributed by atoms with Crippen LogP contribution in [0.5, 0.6) is 0 Å². The molecule has 4 heterocycles. The minimum absolute atomic E-state index is 0.0300. The molecule has 2 aromatic carbocycles. The van der Waals surface area contributed by atoms with Crippen LogP contribution in [0.4, 0.5) is 4.79 Å². The van der Waals surface area contributed by atoms with Crippen LogP contribution in [0.2, 0.25) is 0 Å². The number of aromatic nitrogens is 5. The number of unbranched alkanes of at least 4 members (excludes halogenated alkanes) is 1. The first-order valence-corrected chi connectivity index (χ1v) is 22.2. The molecule has 0 spiro atoms. The molecule has 4 amide bonds. The van der Waals surface area contributed by atoms with E-state index in [0.717, 1.165) is 101 Å². The number of carbonyl (C=O) groups is 3. The Balaban J connectivity index is 0.000000661. The maximum Gasteiger partial charge on any atom is 0.315 e. The number of fused-ring (bicyclic) bond motifs is 1. The van der Waals surface area contributed by atoms with Gasteiger partial charge in [0.2, 0.25) is 11.8 Å². The SMILES string of the molecule is C1=CCCC=C1.C=C(NCC(=O)NCCCCc1ncc(-c2ccc3nc(-c4ccc(-c5cnc(C6CCCN6C(=O)CNC(=O)NC6CC6)[nH]5)cc4)ccc3c2)[nH]1)OC.CCC. The Hall–Kier alpha value is -6.70. The van der Waals surface area contributed by atoms with Crippen molar-refractivity contribution in [2.45, 2.75) is 90.1 Å². The molecule has 6 N–H and O–H groups in total. The van der Waals surface area contributed by atoms with E-state index < -0.39 is 0 Å². The third kappa shape index (κ3) is 13.9. The summed E-state index contributed by atoms with van der Waals surface area (Å²) < 4.78 is 4.90. The number of likely N-dealkylation sites (tertiary alicyclic amines) is 1. The fraction of sp³-hybridized carbons (Fsp3) is 0.388. The number of hydrogen-bond donors (Lipinski definition) is 6. The van der Waals surface area contributed by atoms with Crippen LogP contribution in [-0.2, 0) is 20.7 Å². The second-order valence-electron chi connectivity index (χ2n) is 15.9. The number of ether oxygens (including phenoxy) is 1. The van der Waals surface area contributed by atoms with Crippen LogP contribution >= 0.6 is 0 Å². The van der Waals surface area contributed by atoms with Gasteiger partial charge in [-0.2, -0.15) is 0 Å². The number of urea groups is 1. The van der Waals surface area contributed by atoms with Crippen molar-refractivity contribution in [2.75, 3.05) is 33.3 Å². The average Bonchev–Trinajstić information content (AvgIpc) is 3.65. The summed E-state index contributed by atoms with van der Waals surface area (Å²) in [5.41, 5.74) is 6.63. The summed E-state index contributed by atoms with van der Waals surface area (Å²) in [6.07, 6.45) is 22.1. The Labute approximate surface area is 370 Å². The molecular weight excluding hydrogens is 793 g/mol. The van der Waals surface area contributed by atoms with Crippen LogP contribution in [0.3, 0.4) is 0 Å². The molecule has 0 bridgehead atoms. The molecule has 1 saturated heterocycles. The molecule has 8 rings (SSSR count). The summed E-state index contributed by atoms with van der Waals surface area (Å²) in [6, 6.07) is 18.3. The molecule has 14 heteroatoms. The van der Waals surface area contributed by atoms with Gasteiger partial charge in [0.05, 0.1) is 61.2 Å². The van der Waals surface area contributed by atoms with E-state index in [2.05, 4.69) is 116 Å². The second kappa shape index (κ2) is 23.5. The zero-order valence-electron chi connectivity index (χ0n) is 36.8. The summed E-state index contributed by atoms with van der Waals surface area (Å²) >= 11 is 0. The number of aromatic amines is 2. The number of pyridine rings is 1. The summed E-state index contributed by atoms with van der Waals surface area (Å²) in [5.74, 6) is 1.81. The average molecular weight is 855 g/mol. The highest BCUT2D eigenvalue weighted by Crippen LogP contribution is 2.32. The molecule has 1 aliphatic heterocycles. The van der Waals surface area contributed by atoms with E-state index in [-0.39, 0.29) is 43.0 Å². The molecule has 1 saturated carbocycles. The Kier molecular flexibility index (Phi) is 17.1. The number of hydrogen-bond acceptors (Lipinski definition) is 8. The molecule has 2 fully saturated rings. The van der Waals surface area contributed by atoms with E-state index in [1.165, 1.54) is 26.4 Å². The van der Waals surface area contributed by atoms with Crippen molar-refractivity contribution in [3.8, 4) is 33.8 Å². The van der Waals surface area contributed by atoms with Gasteiger partial charge in [-0.25, -0.2) is 19.7 Å². The van der Waals surface area contributed by atoms with Crippen molar-refractivity contribution >= 4 is 28.7 Å². The molecule has 1 unspecified atom stereocenters. The Bertz CT molecular complexity index is 2330. The van der Waals surface area contributed by atoms with Crippen molar-refractivity contribution in [1.29, 1.82) is 0 Å². The van der Waals surface area contributed by atoms with Gasteiger partial charge in [0.1, 0.15) is 11.6 Å². The minimum atomic E-state index is -0.289. The monoisotopic (exact) mass is 854 g/mol. The quantitative estimate of drug-likeness (QED) is 0.0424. The molecule has 14 nitrogen and oxygen atoms in total. The lowest BCUT2D eigenvalue weighted by atomic mass is 10.0. The van der Waals surface area contributed by atoms with Crippen molar-refractivity contribution < 1.29 is 19.1 Å². The van der Waals surface area contributed by atoms with Crippen LogP contribution in [0.1, 0.15) is 89.3 Å². The van der Waals surface area contributed by atoms with Gasteiger partial charge in [-0.1, -0.05) is 81.0 Å². The van der Waals surface area contributed by atoms with Crippen LogP contribution in [0, 0.1) is 0 Å². The first-order chi connectivity index (χ1) is 30.7. The molecule has 0 radical (unpaired) electrons. The van der Waals surface area contributed by atoms with Crippen molar-refractivity contribution in [3.63, 3.8) is 0 Å². The van der Waals surface area contributed by atoms with Crippen molar-refractivity contribution in [2.24, 2.45) is 0 Å². The standard InChI is InChI=1S/C40H46N10O4.C6H8.C3H8/c1-25(54-2)42-23-37(51)41-18-4-3-7-36-43-21-34(48-36)29-13-17-32-28(20-29)12-16-31(47-32)26-8-10-27(11-9-26)33-22-44-39(49-33)35-6-5-19-50(35)38(52)24-45-40(53)46-30-14-15-30;1-2-4-6-5-3-1;1-3-2/h8-13,16-17,20-22,30,35,42H,1,3-7,14-15,18-19,23-24H2,2H3,(H,41,51)(H,43,48)(H,44,49)(H2,45,46,53);1-4H,5-6H2;3H2,1-2H3. The number of nitrogens with zero attached hydrogens (tertiary/aromatic N) is 4. The number of H-pyrrole nitrogens is 2. The molecule has 3 aliphatic rings. The molecule has 2 aliphatic carbocycles. The highest BCUT2D eigenvalue weighted by atomic mass is 16.5. The molecular formula is C49H62N10O4. The second-order valence-corrected chi connectivity index (χ2v) is 15.9. The summed E-state index contributed by atoms with van der Waals surface area (Å²) in [4.78, 5) is 59.7. The largest absolute Gasteiger partial charge is 0.483 e. The normalized spacial score (nSPS) is 15.1. The lowest BCUT2D eigenvalue weighted by molar-refractivity contribution is -0.131. The predicted octanol–water partition coefficient (Wildman–Crippen LogP) is 8.26. The Morgan fingerprint density at radius 2 is 1.54 bits per heavy atom. The van der Waals surface area contributed by atoms with Gasteiger partial charge in [0.15, 0.2) is 5.88 Å². The van der Waals surface area contributed by atoms with Crippen molar-refractivity contribution in [3.05, 3.63) is 115 Å². The maximum absolute atomic E-state index is 13.0. The zero-order chi connectivity index (χ0) is 44.4. The Morgan fingerprint density at radius 1 is 0.825 bits per heavy atom. The molecule has 63 heavy (non-hydrogen) atoms. The predicted molar refractivity (Wildman–Crippen MR) is 249 cm³/mol. The van der Waals surface area contributed by atoms with Gasteiger partial charge in [-0.3, -0.25) is 9.59 Å². The highest BCUT2D eigenvalue weighted by Gasteiger charge is 2.32. The van der Waals surface area contributed by atoms with Crippen LogP contribution in [-0.4, -0.2) is 87.0 Å². The number of amides is 4. The number of methoxy groups -OCH3 is 1. The molecule has 5 aromatic rings. The fourth-order valence-corrected chi connectivity index (χ4v) is 7.14. The summed E-state index contributed by atoms with van der Waals surface area (Å²) in [7, 11) is 1.50. The van der Waals surface area contributed by atoms with E-state index in [9.17, 15) is 14.4 Å². The lowest BCUT2D eigenvalue weighted by Crippen LogP contribution is -2.44. The third-order valence-electron chi connectivity index (χ3n) is 10.7. The fourth-order valence-electron chi connectivity index (χ4n) is 7.14. The number of nitrogens with one attached hydrogen (secondary N) is 6. The Morgan fingerprint density at radius 3 is 2.25 bits per heavy atom. The first-order valence-electron chi connectivity index (χ1n) is 22.2. The van der Waals surface area contributed by atoms with Crippen molar-refractivity contribution in [1.82, 2.24) is 51.1 Å². The number of carbonyl (C=O) groups excluding carboxylic acids is 3. The molecule has 332 valence electrons. The zero-order valence-corrected chi connectivity index (χ0v) is 36.8. The smallest absolute Gasteiger partial charge is 0.315 e. The molecule has 1 atom stereocenters. The van der Waals surface area contributed by atoms with E-state index in [1.807, 2.05) is 36.7 Å². The van der Waals surface area contributed by atoms with Gasteiger partial charge in [-0.05, 0) is 81.7 Å². The first kappa shape index (κ1) is 45.8. The van der Waals surface area contributed by atoms with Gasteiger partial charge in [-0.15, -0.1) is 0 Å². The van der Waals surface area contributed by atoms with Crippen LogP contribution in [0.25, 0.3) is 44.7 Å². The van der Waals surface area contributed by atoms with E-state index in [0.29, 0.717) is 19.0 Å². The van der Waals surface area contributed by atoms with Gasteiger partial charge < -0.3 is 40.9 Å². The number of imidazole rings is 2. The van der Waals surface area contributed by atoms with Gasteiger partial charge in [0, 0.05) is 42.1 Å². The maximum atomic E-state index is 13.0.